The number of nitrogen functional groups attached to an aromatic ring is 1. The number of nitrogens with one attached hydrogen (secondary N) is 1. The van der Waals surface area contributed by atoms with Crippen LogP contribution in [0.2, 0.25) is 5.02 Å². The van der Waals surface area contributed by atoms with E-state index in [1.165, 1.54) is 13.4 Å². The van der Waals surface area contributed by atoms with Gasteiger partial charge in [-0.15, -0.1) is 0 Å². The van der Waals surface area contributed by atoms with Crippen LogP contribution < -0.4 is 21.3 Å². The van der Waals surface area contributed by atoms with Crippen LogP contribution in [0, 0.1) is 23.5 Å². The van der Waals surface area contributed by atoms with Crippen molar-refractivity contribution in [2.24, 2.45) is 0 Å². The number of fused-ring (bicyclic) bond motifs is 1. The van der Waals surface area contributed by atoms with Crippen LogP contribution in [-0.2, 0) is 6.42 Å². The van der Waals surface area contributed by atoms with Crippen LogP contribution in [0.15, 0.2) is 65.8 Å². The van der Waals surface area contributed by atoms with Gasteiger partial charge in [-0.05, 0) is 42.3 Å². The Labute approximate surface area is 231 Å². The highest BCUT2D eigenvalue weighted by molar-refractivity contribution is 6.35. The predicted octanol–water partition coefficient (Wildman–Crippen LogP) is 4.15. The number of nitrogens with zero attached hydrogens (tertiary/aromatic N) is 5. The van der Waals surface area contributed by atoms with Gasteiger partial charge >= 0.3 is 0 Å². The van der Waals surface area contributed by atoms with Crippen molar-refractivity contribution in [1.29, 1.82) is 0 Å². The number of nitrogens with two attached hydrogens (primary N) is 1. The number of ether oxygens (including phenoxy) is 1. The van der Waals surface area contributed by atoms with Gasteiger partial charge in [-0.2, -0.15) is 0 Å². The minimum atomic E-state index is -0.838. The van der Waals surface area contributed by atoms with Crippen molar-refractivity contribution in [2.45, 2.75) is 6.42 Å². The number of hydrogen-bond donors (Lipinski definition) is 2. The Morgan fingerprint density at radius 2 is 1.88 bits per heavy atom. The highest BCUT2D eigenvalue weighted by Gasteiger charge is 2.17. The molecule has 0 bridgehead atoms. The zero-order valence-corrected chi connectivity index (χ0v) is 21.7. The molecule has 0 aliphatic heterocycles. The first-order chi connectivity index (χ1) is 19.4. The fourth-order valence-electron chi connectivity index (χ4n) is 4.06. The van der Waals surface area contributed by atoms with Gasteiger partial charge in [0.15, 0.2) is 11.4 Å². The summed E-state index contributed by atoms with van der Waals surface area (Å²) >= 11 is 6.28. The van der Waals surface area contributed by atoms with Gasteiger partial charge in [-0.25, -0.2) is 28.7 Å². The second-order valence-corrected chi connectivity index (χ2v) is 8.80. The number of aromatic nitrogens is 5. The van der Waals surface area contributed by atoms with Gasteiger partial charge in [-0.3, -0.25) is 9.36 Å². The first kappa shape index (κ1) is 26.5. The molecule has 0 spiro atoms. The number of halogens is 3. The lowest BCUT2D eigenvalue weighted by Gasteiger charge is -2.15. The van der Waals surface area contributed by atoms with Crippen molar-refractivity contribution in [3.8, 4) is 23.3 Å². The van der Waals surface area contributed by atoms with Gasteiger partial charge < -0.3 is 15.8 Å². The number of anilines is 2. The predicted molar refractivity (Wildman–Crippen MR) is 148 cm³/mol. The van der Waals surface area contributed by atoms with E-state index in [0.29, 0.717) is 28.3 Å². The molecule has 0 saturated heterocycles. The fraction of sp³-hybridized carbons (Fsp3) is 0.107. The summed E-state index contributed by atoms with van der Waals surface area (Å²) in [6.07, 6.45) is 3.02. The largest absolute Gasteiger partial charge is 0.494 e. The molecule has 0 aliphatic carbocycles. The summed E-state index contributed by atoms with van der Waals surface area (Å²) < 4.78 is 34.6. The van der Waals surface area contributed by atoms with Gasteiger partial charge in [0.25, 0.3) is 5.56 Å². The van der Waals surface area contributed by atoms with E-state index in [1.807, 2.05) is 0 Å². The molecule has 0 aliphatic rings. The zero-order valence-electron chi connectivity index (χ0n) is 21.0. The topological polar surface area (TPSA) is 121 Å². The molecule has 5 rings (SSSR count). The number of hydrogen-bond acceptors (Lipinski definition) is 8. The molecule has 200 valence electrons. The Balaban J connectivity index is 1.50. The molecule has 0 unspecified atom stereocenters. The third-order valence-electron chi connectivity index (χ3n) is 5.84. The van der Waals surface area contributed by atoms with E-state index < -0.39 is 17.2 Å². The highest BCUT2D eigenvalue weighted by atomic mass is 35.5. The molecule has 9 nitrogen and oxygen atoms in total. The molecule has 3 N–H and O–H groups in total. The minimum absolute atomic E-state index is 0.0195. The van der Waals surface area contributed by atoms with Crippen molar-refractivity contribution in [3.63, 3.8) is 0 Å². The standard InChI is InChI=1S/C28H20ClF2N7O2/c1-40-23-6-3-10-33-21(23)8-7-19-26(32)35-15-36-27(19)34-11-9-24-37-22-5-2-4-20(29)25(22)28(39)38(24)18-13-16(30)12-17(31)14-18/h2-6,10,12-15H,9,11H2,1H3,(H3,32,34,35,36). The molecule has 0 fully saturated rings. The highest BCUT2D eigenvalue weighted by Crippen LogP contribution is 2.22. The van der Waals surface area contributed by atoms with Crippen molar-refractivity contribution < 1.29 is 13.5 Å². The Bertz CT molecular complexity index is 1850. The fourth-order valence-corrected chi connectivity index (χ4v) is 4.31. The smallest absolute Gasteiger partial charge is 0.267 e. The number of pyridine rings is 1. The second-order valence-electron chi connectivity index (χ2n) is 8.39. The third kappa shape index (κ3) is 5.39. The van der Waals surface area contributed by atoms with Crippen molar-refractivity contribution >= 4 is 34.1 Å². The van der Waals surface area contributed by atoms with Crippen molar-refractivity contribution in [3.05, 3.63) is 105 Å². The normalized spacial score (nSPS) is 10.7. The summed E-state index contributed by atoms with van der Waals surface area (Å²) in [7, 11) is 1.52. The maximum Gasteiger partial charge on any atom is 0.267 e. The maximum atomic E-state index is 14.1. The van der Waals surface area contributed by atoms with E-state index in [9.17, 15) is 13.6 Å². The van der Waals surface area contributed by atoms with E-state index in [0.717, 1.165) is 22.8 Å². The van der Waals surface area contributed by atoms with Gasteiger partial charge in [-0.1, -0.05) is 23.6 Å². The summed E-state index contributed by atoms with van der Waals surface area (Å²) in [5.74, 6) is 5.39. The molecule has 0 radical (unpaired) electrons. The van der Waals surface area contributed by atoms with Crippen LogP contribution in [0.4, 0.5) is 20.4 Å². The first-order valence-corrected chi connectivity index (χ1v) is 12.3. The molecule has 3 heterocycles. The van der Waals surface area contributed by atoms with Crippen LogP contribution in [0.1, 0.15) is 17.1 Å². The monoisotopic (exact) mass is 559 g/mol. The summed E-state index contributed by atoms with van der Waals surface area (Å²) in [6, 6.07) is 11.1. The number of rotatable bonds is 6. The molecule has 0 saturated carbocycles. The molecular weight excluding hydrogens is 540 g/mol. The van der Waals surface area contributed by atoms with E-state index >= 15 is 0 Å². The summed E-state index contributed by atoms with van der Waals surface area (Å²) in [6.45, 7) is 0.203. The van der Waals surface area contributed by atoms with Crippen molar-refractivity contribution in [2.75, 3.05) is 24.7 Å². The van der Waals surface area contributed by atoms with Gasteiger partial charge in [0.1, 0.15) is 41.0 Å². The molecule has 40 heavy (non-hydrogen) atoms. The summed E-state index contributed by atoms with van der Waals surface area (Å²) in [5, 5.41) is 3.44. The Kier molecular flexibility index (Phi) is 7.52. The molecule has 2 aromatic carbocycles. The van der Waals surface area contributed by atoms with Crippen LogP contribution in [0.25, 0.3) is 16.6 Å². The molecule has 12 heteroatoms. The van der Waals surface area contributed by atoms with Crippen LogP contribution in [-0.4, -0.2) is 38.2 Å². The summed E-state index contributed by atoms with van der Waals surface area (Å²) in [5.41, 5.74) is 6.59. The average Bonchev–Trinajstić information content (AvgIpc) is 2.92. The lowest BCUT2D eigenvalue weighted by molar-refractivity contribution is 0.411. The van der Waals surface area contributed by atoms with E-state index in [1.54, 1.807) is 36.5 Å². The van der Waals surface area contributed by atoms with Gasteiger partial charge in [0, 0.05) is 25.2 Å². The quantitative estimate of drug-likeness (QED) is 0.298. The minimum Gasteiger partial charge on any atom is -0.494 e. The molecular formula is C28H20ClF2N7O2. The molecule has 3 aromatic heterocycles. The SMILES string of the molecule is COc1cccnc1C#Cc1c(N)ncnc1NCCc1nc2cccc(Cl)c2c(=O)n1-c1cc(F)cc(F)c1. The van der Waals surface area contributed by atoms with Crippen LogP contribution in [0.5, 0.6) is 5.75 Å². The van der Waals surface area contributed by atoms with Crippen molar-refractivity contribution in [1.82, 2.24) is 24.5 Å². The van der Waals surface area contributed by atoms with E-state index in [2.05, 4.69) is 37.1 Å². The average molecular weight is 560 g/mol. The first-order valence-electron chi connectivity index (χ1n) is 11.9. The lowest BCUT2D eigenvalue weighted by Crippen LogP contribution is -2.26. The Morgan fingerprint density at radius 3 is 2.65 bits per heavy atom. The van der Waals surface area contributed by atoms with Crippen LogP contribution >= 0.6 is 11.6 Å². The Morgan fingerprint density at radius 1 is 1.07 bits per heavy atom. The zero-order chi connectivity index (χ0) is 28.2. The van der Waals surface area contributed by atoms with Gasteiger partial charge in [0.05, 0.1) is 28.7 Å². The molecule has 0 amide bonds. The Hall–Kier alpha value is -5.08. The third-order valence-corrected chi connectivity index (χ3v) is 6.15. The van der Waals surface area contributed by atoms with E-state index in [4.69, 9.17) is 22.1 Å². The number of methoxy groups -OCH3 is 1. The molecule has 0 atom stereocenters. The lowest BCUT2D eigenvalue weighted by atomic mass is 10.2. The van der Waals surface area contributed by atoms with Crippen LogP contribution in [0.3, 0.4) is 0 Å². The van der Waals surface area contributed by atoms with E-state index in [-0.39, 0.29) is 40.7 Å². The maximum absolute atomic E-state index is 14.1. The second kappa shape index (κ2) is 11.3. The number of benzene rings is 2. The van der Waals surface area contributed by atoms with Gasteiger partial charge in [0.2, 0.25) is 0 Å². The molecule has 5 aromatic rings. The summed E-state index contributed by atoms with van der Waals surface area (Å²) in [4.78, 5) is 30.6.